The predicted octanol–water partition coefficient (Wildman–Crippen LogP) is 3.76. The summed E-state index contributed by atoms with van der Waals surface area (Å²) in [5.74, 6) is 1.20. The summed E-state index contributed by atoms with van der Waals surface area (Å²) in [6.07, 6.45) is 3.23. The summed E-state index contributed by atoms with van der Waals surface area (Å²) in [5, 5.41) is 1.29. The lowest BCUT2D eigenvalue weighted by Gasteiger charge is -2.01. The van der Waals surface area contributed by atoms with Crippen LogP contribution in [0.15, 0.2) is 30.6 Å². The molecule has 102 valence electrons. The molecular formula is C14H11ClN2O2S. The topological polar surface area (TPSA) is 44.1 Å². The maximum Gasteiger partial charge on any atom is 0.274 e. The van der Waals surface area contributed by atoms with Crippen LogP contribution in [0.5, 0.6) is 5.75 Å². The minimum Gasteiger partial charge on any atom is -0.497 e. The van der Waals surface area contributed by atoms with Crippen LogP contribution in [0.3, 0.4) is 0 Å². The highest BCUT2D eigenvalue weighted by Gasteiger charge is 2.20. The average Bonchev–Trinajstić information content (AvgIpc) is 3.02. The van der Waals surface area contributed by atoms with Crippen molar-refractivity contribution in [2.75, 3.05) is 7.11 Å². The van der Waals surface area contributed by atoms with Gasteiger partial charge in [0.1, 0.15) is 16.5 Å². The minimum absolute atomic E-state index is 0.162. The largest absolute Gasteiger partial charge is 0.497 e. The third kappa shape index (κ3) is 1.99. The van der Waals surface area contributed by atoms with Crippen molar-refractivity contribution in [1.82, 2.24) is 9.55 Å². The van der Waals surface area contributed by atoms with E-state index in [1.165, 1.54) is 15.9 Å². The normalized spacial score (nSPS) is 10.9. The third-order valence-electron chi connectivity index (χ3n) is 3.07. The van der Waals surface area contributed by atoms with Crippen LogP contribution >= 0.6 is 22.9 Å². The van der Waals surface area contributed by atoms with Crippen molar-refractivity contribution in [2.24, 2.45) is 0 Å². The van der Waals surface area contributed by atoms with Crippen LogP contribution in [0.2, 0.25) is 5.02 Å². The quantitative estimate of drug-likeness (QED) is 0.724. The summed E-state index contributed by atoms with van der Waals surface area (Å²) >= 11 is 7.72. The minimum atomic E-state index is -0.162. The Balaban J connectivity index is 2.15. The number of carbonyl (C=O) groups excluding carboxylic acids is 1. The number of rotatable bonds is 2. The smallest absolute Gasteiger partial charge is 0.274 e. The Bertz CT molecular complexity index is 807. The molecule has 0 atom stereocenters. The zero-order chi connectivity index (χ0) is 14.3. The predicted molar refractivity (Wildman–Crippen MR) is 80.1 cm³/mol. The first kappa shape index (κ1) is 13.1. The van der Waals surface area contributed by atoms with Crippen LogP contribution in [0, 0.1) is 6.92 Å². The van der Waals surface area contributed by atoms with Gasteiger partial charge in [-0.3, -0.25) is 9.36 Å². The number of methoxy groups -OCH3 is 1. The number of ether oxygens (including phenoxy) is 1. The first-order valence-corrected chi connectivity index (χ1v) is 7.12. The molecule has 0 spiro atoms. The van der Waals surface area contributed by atoms with E-state index in [1.54, 1.807) is 26.4 Å². The second-order valence-corrected chi connectivity index (χ2v) is 5.69. The van der Waals surface area contributed by atoms with Crippen molar-refractivity contribution < 1.29 is 9.53 Å². The van der Waals surface area contributed by atoms with Gasteiger partial charge in [0.05, 0.1) is 12.1 Å². The van der Waals surface area contributed by atoms with Gasteiger partial charge in [-0.05, 0) is 25.1 Å². The molecule has 0 unspecified atom stereocenters. The number of halogens is 1. The van der Waals surface area contributed by atoms with Crippen LogP contribution in [-0.4, -0.2) is 22.6 Å². The van der Waals surface area contributed by atoms with Crippen LogP contribution in [0.25, 0.3) is 10.1 Å². The third-order valence-corrected chi connectivity index (χ3v) is 4.74. The summed E-state index contributed by atoms with van der Waals surface area (Å²) in [6, 6.07) is 5.60. The highest BCUT2D eigenvalue weighted by atomic mass is 35.5. The van der Waals surface area contributed by atoms with Crippen molar-refractivity contribution in [1.29, 1.82) is 0 Å². The molecule has 0 saturated carbocycles. The zero-order valence-corrected chi connectivity index (χ0v) is 12.5. The molecule has 6 heteroatoms. The van der Waals surface area contributed by atoms with E-state index < -0.39 is 0 Å². The molecule has 0 aliphatic heterocycles. The highest BCUT2D eigenvalue weighted by molar-refractivity contribution is 7.21. The fourth-order valence-corrected chi connectivity index (χ4v) is 3.43. The van der Waals surface area contributed by atoms with Crippen molar-refractivity contribution in [3.8, 4) is 5.75 Å². The first-order chi connectivity index (χ1) is 9.61. The van der Waals surface area contributed by atoms with Gasteiger partial charge in [0.15, 0.2) is 0 Å². The molecular weight excluding hydrogens is 296 g/mol. The van der Waals surface area contributed by atoms with Gasteiger partial charge in [-0.2, -0.15) is 0 Å². The molecule has 0 bridgehead atoms. The van der Waals surface area contributed by atoms with E-state index in [4.69, 9.17) is 16.3 Å². The van der Waals surface area contributed by atoms with Crippen molar-refractivity contribution in [3.63, 3.8) is 0 Å². The van der Waals surface area contributed by atoms with E-state index in [1.807, 2.05) is 18.2 Å². The number of fused-ring (bicyclic) bond motifs is 1. The number of hydrogen-bond donors (Lipinski definition) is 0. The number of aromatic nitrogens is 2. The lowest BCUT2D eigenvalue weighted by Crippen LogP contribution is -2.11. The lowest BCUT2D eigenvalue weighted by molar-refractivity contribution is 0.0962. The number of nitrogens with zero attached hydrogens (tertiary/aromatic N) is 2. The molecule has 0 radical (unpaired) electrons. The number of hydrogen-bond acceptors (Lipinski definition) is 4. The summed E-state index contributed by atoms with van der Waals surface area (Å²) < 4.78 is 7.63. The number of benzene rings is 1. The second-order valence-electron chi connectivity index (χ2n) is 4.26. The average molecular weight is 307 g/mol. The number of thiophene rings is 1. The monoisotopic (exact) mass is 306 g/mol. The number of carbonyl (C=O) groups is 1. The molecule has 1 aromatic carbocycles. The highest BCUT2D eigenvalue weighted by Crippen LogP contribution is 2.37. The molecule has 0 aliphatic carbocycles. The van der Waals surface area contributed by atoms with Gasteiger partial charge in [-0.25, -0.2) is 4.98 Å². The standard InChI is InChI=1S/C14H11ClN2O2S/c1-8-16-5-6-17(8)14(18)13-12(15)10-7-9(19-2)3-4-11(10)20-13/h3-7H,1-2H3. The Morgan fingerprint density at radius 2 is 2.25 bits per heavy atom. The summed E-state index contributed by atoms with van der Waals surface area (Å²) in [5.41, 5.74) is 0. The van der Waals surface area contributed by atoms with Crippen molar-refractivity contribution in [3.05, 3.63) is 46.3 Å². The lowest BCUT2D eigenvalue weighted by atomic mass is 10.2. The summed E-state index contributed by atoms with van der Waals surface area (Å²) in [4.78, 5) is 17.1. The van der Waals surface area contributed by atoms with Gasteiger partial charge in [0, 0.05) is 22.5 Å². The molecule has 20 heavy (non-hydrogen) atoms. The summed E-state index contributed by atoms with van der Waals surface area (Å²) in [7, 11) is 1.60. The van der Waals surface area contributed by atoms with Gasteiger partial charge in [0.2, 0.25) is 0 Å². The van der Waals surface area contributed by atoms with Crippen LogP contribution in [0.1, 0.15) is 15.5 Å². The maximum absolute atomic E-state index is 12.5. The van der Waals surface area contributed by atoms with E-state index in [0.29, 0.717) is 15.7 Å². The van der Waals surface area contributed by atoms with Gasteiger partial charge in [-0.1, -0.05) is 11.6 Å². The van der Waals surface area contributed by atoms with Crippen molar-refractivity contribution >= 4 is 38.9 Å². The van der Waals surface area contributed by atoms with Crippen molar-refractivity contribution in [2.45, 2.75) is 6.92 Å². The summed E-state index contributed by atoms with van der Waals surface area (Å²) in [6.45, 7) is 1.78. The molecule has 2 aromatic heterocycles. The molecule has 3 rings (SSSR count). The Labute approximate surface area is 124 Å². The number of imidazole rings is 1. The molecule has 4 nitrogen and oxygen atoms in total. The Hall–Kier alpha value is -1.85. The van der Waals surface area contributed by atoms with Crippen LogP contribution in [-0.2, 0) is 0 Å². The maximum atomic E-state index is 12.5. The second kappa shape index (κ2) is 4.92. The van der Waals surface area contributed by atoms with E-state index in [0.717, 1.165) is 15.8 Å². The number of aryl methyl sites for hydroxylation is 1. The van der Waals surface area contributed by atoms with E-state index in [2.05, 4.69) is 4.98 Å². The molecule has 0 fully saturated rings. The SMILES string of the molecule is COc1ccc2sc(C(=O)n3ccnc3C)c(Cl)c2c1. The zero-order valence-electron chi connectivity index (χ0n) is 10.9. The van der Waals surface area contributed by atoms with Gasteiger partial charge in [-0.15, -0.1) is 11.3 Å². The van der Waals surface area contributed by atoms with Crippen LogP contribution < -0.4 is 4.74 Å². The Morgan fingerprint density at radius 3 is 2.90 bits per heavy atom. The van der Waals surface area contributed by atoms with E-state index in [9.17, 15) is 4.79 Å². The molecule has 0 aliphatic rings. The fourth-order valence-electron chi connectivity index (χ4n) is 2.01. The molecule has 0 amide bonds. The fraction of sp³-hybridized carbons (Fsp3) is 0.143. The van der Waals surface area contributed by atoms with Crippen LogP contribution in [0.4, 0.5) is 0 Å². The molecule has 2 heterocycles. The van der Waals surface area contributed by atoms with E-state index in [-0.39, 0.29) is 5.91 Å². The Morgan fingerprint density at radius 1 is 1.45 bits per heavy atom. The first-order valence-electron chi connectivity index (χ1n) is 5.92. The van der Waals surface area contributed by atoms with E-state index >= 15 is 0 Å². The molecule has 0 N–H and O–H groups in total. The van der Waals surface area contributed by atoms with Gasteiger partial charge in [0.25, 0.3) is 5.91 Å². The molecule has 0 saturated heterocycles. The Kier molecular flexibility index (Phi) is 3.23. The molecule has 3 aromatic rings. The van der Waals surface area contributed by atoms with Gasteiger partial charge < -0.3 is 4.74 Å². The van der Waals surface area contributed by atoms with Gasteiger partial charge >= 0.3 is 0 Å².